The third-order valence-electron chi connectivity index (χ3n) is 4.03. The number of hydrogen-bond acceptors (Lipinski definition) is 4. The van der Waals surface area contributed by atoms with Crippen LogP contribution in [0.15, 0.2) is 24.3 Å². The van der Waals surface area contributed by atoms with Gasteiger partial charge < -0.3 is 14.7 Å². The van der Waals surface area contributed by atoms with E-state index in [-0.39, 0.29) is 31.4 Å². The topological polar surface area (TPSA) is 67.6 Å². The molecule has 1 aromatic carbocycles. The van der Waals surface area contributed by atoms with E-state index in [0.29, 0.717) is 23.7 Å². The zero-order valence-electron chi connectivity index (χ0n) is 13.5. The number of ether oxygens (including phenoxy) is 1. The second-order valence-corrected chi connectivity index (χ2v) is 5.78. The summed E-state index contributed by atoms with van der Waals surface area (Å²) >= 11 is 0. The molecule has 0 fully saturated rings. The van der Waals surface area contributed by atoms with Crippen LogP contribution in [0.5, 0.6) is 5.88 Å². The first kappa shape index (κ1) is 16.4. The van der Waals surface area contributed by atoms with Crippen molar-refractivity contribution < 1.29 is 19.0 Å². The fourth-order valence-electron chi connectivity index (χ4n) is 2.79. The fraction of sp³-hybridized carbons (Fsp3) is 0.412. The molecule has 0 saturated heterocycles. The maximum Gasteiger partial charge on any atom is 0.275 e. The van der Waals surface area contributed by atoms with Crippen LogP contribution in [0.4, 0.5) is 4.39 Å². The van der Waals surface area contributed by atoms with Crippen LogP contribution in [-0.4, -0.2) is 45.5 Å². The van der Waals surface area contributed by atoms with Crippen molar-refractivity contribution in [1.82, 2.24) is 14.7 Å². The van der Waals surface area contributed by atoms with E-state index >= 15 is 0 Å². The molecule has 0 spiro atoms. The summed E-state index contributed by atoms with van der Waals surface area (Å²) in [5.74, 6) is 0.0419. The van der Waals surface area contributed by atoms with Gasteiger partial charge in [0.15, 0.2) is 5.69 Å². The van der Waals surface area contributed by atoms with Gasteiger partial charge in [-0.2, -0.15) is 5.10 Å². The number of nitrogens with zero attached hydrogens (tertiary/aromatic N) is 3. The third-order valence-corrected chi connectivity index (χ3v) is 4.03. The second-order valence-electron chi connectivity index (χ2n) is 5.78. The number of amides is 1. The highest BCUT2D eigenvalue weighted by Crippen LogP contribution is 2.26. The van der Waals surface area contributed by atoms with E-state index in [0.717, 1.165) is 18.5 Å². The molecular formula is C17H20FN3O3. The molecule has 2 aromatic rings. The lowest BCUT2D eigenvalue weighted by Crippen LogP contribution is -2.33. The van der Waals surface area contributed by atoms with Gasteiger partial charge in [-0.05, 0) is 24.6 Å². The summed E-state index contributed by atoms with van der Waals surface area (Å²) in [6.45, 7) is 3.46. The van der Waals surface area contributed by atoms with E-state index in [9.17, 15) is 14.3 Å². The Bertz CT molecular complexity index is 727. The Morgan fingerprint density at radius 1 is 1.42 bits per heavy atom. The Hall–Kier alpha value is -2.41. The highest BCUT2D eigenvalue weighted by molar-refractivity contribution is 5.94. The van der Waals surface area contributed by atoms with Crippen molar-refractivity contribution in [3.63, 3.8) is 0 Å². The van der Waals surface area contributed by atoms with Gasteiger partial charge in [0.05, 0.1) is 13.2 Å². The summed E-state index contributed by atoms with van der Waals surface area (Å²) in [7, 11) is 0. The molecule has 0 aliphatic carbocycles. The largest absolute Gasteiger partial charge is 0.478 e. The van der Waals surface area contributed by atoms with Gasteiger partial charge in [-0.15, -0.1) is 0 Å². The van der Waals surface area contributed by atoms with Crippen LogP contribution in [0.2, 0.25) is 0 Å². The minimum Gasteiger partial charge on any atom is -0.478 e. The molecule has 1 N–H and O–H groups in total. The lowest BCUT2D eigenvalue weighted by Gasteiger charge is -2.21. The highest BCUT2D eigenvalue weighted by Gasteiger charge is 2.26. The lowest BCUT2D eigenvalue weighted by molar-refractivity contribution is 0.0700. The summed E-state index contributed by atoms with van der Waals surface area (Å²) in [5, 5.41) is 13.6. The van der Waals surface area contributed by atoms with Gasteiger partial charge in [-0.25, -0.2) is 9.07 Å². The van der Waals surface area contributed by atoms with Crippen LogP contribution >= 0.6 is 0 Å². The van der Waals surface area contributed by atoms with Crippen molar-refractivity contribution in [2.45, 2.75) is 26.4 Å². The summed E-state index contributed by atoms with van der Waals surface area (Å²) in [6.07, 6.45) is 0.859. The van der Waals surface area contributed by atoms with E-state index in [1.807, 2.05) is 6.92 Å². The normalized spacial score (nSPS) is 13.3. The van der Waals surface area contributed by atoms with E-state index < -0.39 is 0 Å². The fourth-order valence-corrected chi connectivity index (χ4v) is 2.79. The Morgan fingerprint density at radius 2 is 2.17 bits per heavy atom. The van der Waals surface area contributed by atoms with Crippen LogP contribution in [0.3, 0.4) is 0 Å². The Kier molecular flexibility index (Phi) is 4.80. The summed E-state index contributed by atoms with van der Waals surface area (Å²) in [4.78, 5) is 14.4. The number of aliphatic hydroxyl groups is 1. The quantitative estimate of drug-likeness (QED) is 0.905. The molecule has 3 rings (SSSR count). The van der Waals surface area contributed by atoms with Crippen molar-refractivity contribution in [3.8, 4) is 5.88 Å². The van der Waals surface area contributed by atoms with E-state index in [1.165, 1.54) is 17.0 Å². The molecule has 24 heavy (non-hydrogen) atoms. The van der Waals surface area contributed by atoms with Crippen molar-refractivity contribution in [2.24, 2.45) is 0 Å². The van der Waals surface area contributed by atoms with Gasteiger partial charge >= 0.3 is 0 Å². The predicted octanol–water partition coefficient (Wildman–Crippen LogP) is 1.75. The molecule has 1 amide bonds. The van der Waals surface area contributed by atoms with Crippen LogP contribution in [0.1, 0.15) is 28.0 Å². The van der Waals surface area contributed by atoms with E-state index in [2.05, 4.69) is 5.10 Å². The van der Waals surface area contributed by atoms with Gasteiger partial charge in [0.25, 0.3) is 5.91 Å². The first-order valence-corrected chi connectivity index (χ1v) is 7.95. The summed E-state index contributed by atoms with van der Waals surface area (Å²) < 4.78 is 20.3. The molecule has 0 bridgehead atoms. The van der Waals surface area contributed by atoms with Gasteiger partial charge in [-0.3, -0.25) is 4.79 Å². The van der Waals surface area contributed by atoms with Gasteiger partial charge in [0.1, 0.15) is 5.82 Å². The zero-order chi connectivity index (χ0) is 17.1. The molecule has 7 heteroatoms. The second kappa shape index (κ2) is 7.00. The summed E-state index contributed by atoms with van der Waals surface area (Å²) in [5.41, 5.74) is 1.83. The molecule has 0 radical (unpaired) electrons. The van der Waals surface area contributed by atoms with Gasteiger partial charge in [0, 0.05) is 31.6 Å². The lowest BCUT2D eigenvalue weighted by atomic mass is 10.2. The number of aryl methyl sites for hydroxylation is 1. The predicted molar refractivity (Wildman–Crippen MR) is 85.3 cm³/mol. The first-order chi connectivity index (χ1) is 11.6. The van der Waals surface area contributed by atoms with Gasteiger partial charge in [-0.1, -0.05) is 12.1 Å². The Morgan fingerprint density at radius 3 is 2.83 bits per heavy atom. The van der Waals surface area contributed by atoms with Crippen LogP contribution in [0.25, 0.3) is 0 Å². The molecule has 1 aromatic heterocycles. The SMILES string of the molecule is Cc1c(C(=O)N(CCO)Cc2ccc(F)cc2)nn2c1OCCC2. The first-order valence-electron chi connectivity index (χ1n) is 7.95. The van der Waals surface area contributed by atoms with Crippen LogP contribution < -0.4 is 4.74 Å². The highest BCUT2D eigenvalue weighted by atomic mass is 19.1. The number of halogens is 1. The summed E-state index contributed by atoms with van der Waals surface area (Å²) in [6, 6.07) is 5.96. The van der Waals surface area contributed by atoms with E-state index in [4.69, 9.17) is 4.74 Å². The average Bonchev–Trinajstić information content (AvgIpc) is 2.93. The van der Waals surface area contributed by atoms with Crippen LogP contribution in [0, 0.1) is 12.7 Å². The third kappa shape index (κ3) is 3.26. The molecule has 1 aliphatic rings. The van der Waals surface area contributed by atoms with Gasteiger partial charge in [0.2, 0.25) is 5.88 Å². The Labute approximate surface area is 139 Å². The van der Waals surface area contributed by atoms with Crippen molar-refractivity contribution >= 4 is 5.91 Å². The molecule has 6 nitrogen and oxygen atoms in total. The number of carbonyl (C=O) groups excluding carboxylic acids is 1. The number of aromatic nitrogens is 2. The van der Waals surface area contributed by atoms with Crippen LogP contribution in [-0.2, 0) is 13.1 Å². The molecule has 128 valence electrons. The molecule has 1 aliphatic heterocycles. The monoisotopic (exact) mass is 333 g/mol. The maximum absolute atomic E-state index is 13.0. The minimum absolute atomic E-state index is 0.157. The number of carbonyl (C=O) groups is 1. The average molecular weight is 333 g/mol. The molecular weight excluding hydrogens is 313 g/mol. The molecule has 2 heterocycles. The standard InChI is InChI=1S/C17H20FN3O3/c1-12-15(19-21-7-2-10-24-17(12)21)16(23)20(8-9-22)11-13-3-5-14(18)6-4-13/h3-6,22H,2,7-11H2,1H3. The van der Waals surface area contributed by atoms with E-state index in [1.54, 1.807) is 16.8 Å². The van der Waals surface area contributed by atoms with Crippen molar-refractivity contribution in [3.05, 3.63) is 46.9 Å². The number of benzene rings is 1. The molecule has 0 saturated carbocycles. The molecule has 0 unspecified atom stereocenters. The number of fused-ring (bicyclic) bond motifs is 1. The van der Waals surface area contributed by atoms with Crippen molar-refractivity contribution in [2.75, 3.05) is 19.8 Å². The smallest absolute Gasteiger partial charge is 0.275 e. The number of rotatable bonds is 5. The number of hydrogen-bond donors (Lipinski definition) is 1. The zero-order valence-corrected chi connectivity index (χ0v) is 13.5. The number of aliphatic hydroxyl groups excluding tert-OH is 1. The van der Waals surface area contributed by atoms with Crippen molar-refractivity contribution in [1.29, 1.82) is 0 Å². The minimum atomic E-state index is -0.325. The Balaban J connectivity index is 1.84. The maximum atomic E-state index is 13.0. The molecule has 0 atom stereocenters.